The molecule has 0 spiro atoms. The van der Waals surface area contributed by atoms with E-state index < -0.39 is 5.69 Å². The molecule has 0 atom stereocenters. The van der Waals surface area contributed by atoms with Crippen LogP contribution in [0.1, 0.15) is 5.69 Å². The van der Waals surface area contributed by atoms with E-state index >= 15 is 0 Å². The number of nitrogens with zero attached hydrogens (tertiary/aromatic N) is 1. The molecule has 0 aliphatic rings. The van der Waals surface area contributed by atoms with Crippen LogP contribution in [0.5, 0.6) is 0 Å². The molecule has 0 saturated carbocycles. The van der Waals surface area contributed by atoms with E-state index in [4.69, 9.17) is 0 Å². The van der Waals surface area contributed by atoms with Gasteiger partial charge in [0.05, 0.1) is 5.52 Å². The van der Waals surface area contributed by atoms with E-state index in [9.17, 15) is 9.18 Å². The maximum Gasteiger partial charge on any atom is 0.345 e. The van der Waals surface area contributed by atoms with Crippen LogP contribution in [-0.4, -0.2) is 9.97 Å². The number of hydrogen-bond acceptors (Lipinski definition) is 2. The summed E-state index contributed by atoms with van der Waals surface area (Å²) in [5.41, 5.74) is 0.744. The van der Waals surface area contributed by atoms with Crippen molar-refractivity contribution in [2.75, 3.05) is 0 Å². The minimum atomic E-state index is -0.406. The molecule has 1 heterocycles. The molecular weight excluding hydrogens is 171 g/mol. The Labute approximate surface area is 73.2 Å². The predicted molar refractivity (Wildman–Crippen MR) is 47.1 cm³/mol. The second kappa shape index (κ2) is 2.65. The molecule has 13 heavy (non-hydrogen) atoms. The molecule has 0 unspecified atom stereocenters. The Bertz CT molecular complexity index is 518. The summed E-state index contributed by atoms with van der Waals surface area (Å²) >= 11 is 0. The van der Waals surface area contributed by atoms with E-state index in [0.29, 0.717) is 16.6 Å². The Morgan fingerprint density at radius 1 is 1.46 bits per heavy atom. The lowest BCUT2D eigenvalue weighted by Gasteiger charge is -1.99. The second-order valence-corrected chi connectivity index (χ2v) is 2.83. The first-order valence-corrected chi connectivity index (χ1v) is 3.83. The molecule has 0 bridgehead atoms. The van der Waals surface area contributed by atoms with Crippen LogP contribution in [0.15, 0.2) is 23.0 Å². The molecule has 0 radical (unpaired) electrons. The van der Waals surface area contributed by atoms with Gasteiger partial charge in [-0.3, -0.25) is 0 Å². The Morgan fingerprint density at radius 3 is 3.00 bits per heavy atom. The van der Waals surface area contributed by atoms with Crippen molar-refractivity contribution in [1.29, 1.82) is 0 Å². The van der Waals surface area contributed by atoms with Crippen LogP contribution in [0, 0.1) is 12.7 Å². The highest BCUT2D eigenvalue weighted by Crippen LogP contribution is 2.13. The summed E-state index contributed by atoms with van der Waals surface area (Å²) in [4.78, 5) is 17.1. The Balaban J connectivity index is 2.95. The van der Waals surface area contributed by atoms with Gasteiger partial charge in [0.1, 0.15) is 5.82 Å². The second-order valence-electron chi connectivity index (χ2n) is 2.83. The third-order valence-electron chi connectivity index (χ3n) is 1.88. The lowest BCUT2D eigenvalue weighted by atomic mass is 10.2. The van der Waals surface area contributed by atoms with Crippen molar-refractivity contribution in [2.24, 2.45) is 0 Å². The predicted octanol–water partition coefficient (Wildman–Crippen LogP) is 1.37. The van der Waals surface area contributed by atoms with Crippen molar-refractivity contribution < 1.29 is 4.39 Å². The van der Waals surface area contributed by atoms with E-state index in [1.807, 2.05) is 0 Å². The molecule has 2 aromatic rings. The van der Waals surface area contributed by atoms with Gasteiger partial charge >= 0.3 is 5.69 Å². The number of halogens is 1. The van der Waals surface area contributed by atoms with Crippen LogP contribution in [0.4, 0.5) is 4.39 Å². The summed E-state index contributed by atoms with van der Waals surface area (Å²) in [6.45, 7) is 1.71. The molecule has 0 amide bonds. The number of aromatic amines is 1. The molecule has 0 saturated heterocycles. The van der Waals surface area contributed by atoms with Crippen LogP contribution in [0.3, 0.4) is 0 Å². The van der Waals surface area contributed by atoms with E-state index in [1.165, 1.54) is 18.2 Å². The third-order valence-corrected chi connectivity index (χ3v) is 1.88. The lowest BCUT2D eigenvalue weighted by molar-refractivity contribution is 0.629. The summed E-state index contributed by atoms with van der Waals surface area (Å²) in [5, 5.41) is 0.639. The van der Waals surface area contributed by atoms with Gasteiger partial charge in [0.25, 0.3) is 0 Å². The number of H-pyrrole nitrogens is 1. The topological polar surface area (TPSA) is 45.8 Å². The molecule has 0 aliphatic heterocycles. The summed E-state index contributed by atoms with van der Waals surface area (Å²) in [6.07, 6.45) is 0. The zero-order valence-corrected chi connectivity index (χ0v) is 6.97. The number of nitrogens with one attached hydrogen (secondary N) is 1. The minimum absolute atomic E-state index is 0.329. The highest BCUT2D eigenvalue weighted by atomic mass is 19.1. The van der Waals surface area contributed by atoms with Gasteiger partial charge in [-0.05, 0) is 25.1 Å². The van der Waals surface area contributed by atoms with E-state index in [0.717, 1.165) is 0 Å². The quantitative estimate of drug-likeness (QED) is 0.662. The first kappa shape index (κ1) is 7.91. The Hall–Kier alpha value is -1.71. The highest BCUT2D eigenvalue weighted by molar-refractivity contribution is 5.80. The molecule has 1 aromatic carbocycles. The molecular formula is C9H7FN2O. The van der Waals surface area contributed by atoms with E-state index in [1.54, 1.807) is 6.92 Å². The van der Waals surface area contributed by atoms with E-state index in [-0.39, 0.29) is 5.82 Å². The fourth-order valence-corrected chi connectivity index (χ4v) is 1.27. The molecule has 0 fully saturated rings. The van der Waals surface area contributed by atoms with E-state index in [2.05, 4.69) is 9.97 Å². The maximum atomic E-state index is 12.8. The van der Waals surface area contributed by atoms with Crippen molar-refractivity contribution in [2.45, 2.75) is 6.92 Å². The van der Waals surface area contributed by atoms with Gasteiger partial charge in [-0.2, -0.15) is 4.98 Å². The van der Waals surface area contributed by atoms with Crippen LogP contribution in [-0.2, 0) is 0 Å². The average molecular weight is 178 g/mol. The smallest absolute Gasteiger partial charge is 0.309 e. The minimum Gasteiger partial charge on any atom is -0.309 e. The van der Waals surface area contributed by atoms with Gasteiger partial charge in [-0.15, -0.1) is 0 Å². The van der Waals surface area contributed by atoms with Crippen molar-refractivity contribution in [3.05, 3.63) is 40.2 Å². The van der Waals surface area contributed by atoms with Crippen molar-refractivity contribution in [3.8, 4) is 0 Å². The number of aromatic nitrogens is 2. The molecule has 1 N–H and O–H groups in total. The third kappa shape index (κ3) is 1.30. The molecule has 0 aliphatic carbocycles. The van der Waals surface area contributed by atoms with Crippen LogP contribution >= 0.6 is 0 Å². The van der Waals surface area contributed by atoms with Gasteiger partial charge in [-0.1, -0.05) is 0 Å². The normalized spacial score (nSPS) is 10.6. The molecule has 1 aromatic heterocycles. The lowest BCUT2D eigenvalue weighted by Crippen LogP contribution is -2.11. The van der Waals surface area contributed by atoms with Crippen LogP contribution < -0.4 is 5.69 Å². The number of benzene rings is 1. The zero-order chi connectivity index (χ0) is 9.42. The Kier molecular flexibility index (Phi) is 1.62. The summed E-state index contributed by atoms with van der Waals surface area (Å²) < 4.78 is 12.8. The van der Waals surface area contributed by atoms with Crippen LogP contribution in [0.2, 0.25) is 0 Å². The fourth-order valence-electron chi connectivity index (χ4n) is 1.27. The van der Waals surface area contributed by atoms with Gasteiger partial charge in [-0.25, -0.2) is 9.18 Å². The molecule has 4 heteroatoms. The summed E-state index contributed by atoms with van der Waals surface area (Å²) in [5.74, 6) is -0.329. The largest absolute Gasteiger partial charge is 0.345 e. The fraction of sp³-hybridized carbons (Fsp3) is 0.111. The first-order valence-electron chi connectivity index (χ1n) is 3.83. The van der Waals surface area contributed by atoms with Gasteiger partial charge in [0.2, 0.25) is 0 Å². The van der Waals surface area contributed by atoms with Gasteiger partial charge in [0, 0.05) is 11.1 Å². The van der Waals surface area contributed by atoms with Gasteiger partial charge < -0.3 is 4.98 Å². The van der Waals surface area contributed by atoms with Crippen molar-refractivity contribution in [1.82, 2.24) is 9.97 Å². The summed E-state index contributed by atoms with van der Waals surface area (Å²) in [6, 6.07) is 4.13. The SMILES string of the molecule is Cc1[nH]c(=O)nc2ccc(F)cc12. The number of rotatable bonds is 0. The molecule has 66 valence electrons. The zero-order valence-electron chi connectivity index (χ0n) is 6.97. The highest BCUT2D eigenvalue weighted by Gasteiger charge is 2.01. The average Bonchev–Trinajstić information content (AvgIpc) is 2.06. The van der Waals surface area contributed by atoms with Crippen molar-refractivity contribution in [3.63, 3.8) is 0 Å². The number of hydrogen-bond donors (Lipinski definition) is 1. The first-order chi connectivity index (χ1) is 6.16. The maximum absolute atomic E-state index is 12.8. The van der Waals surface area contributed by atoms with Gasteiger partial charge in [0.15, 0.2) is 0 Å². The summed E-state index contributed by atoms with van der Waals surface area (Å²) in [7, 11) is 0. The monoisotopic (exact) mass is 178 g/mol. The van der Waals surface area contributed by atoms with Crippen LogP contribution in [0.25, 0.3) is 10.9 Å². The van der Waals surface area contributed by atoms with Crippen molar-refractivity contribution >= 4 is 10.9 Å². The number of fused-ring (bicyclic) bond motifs is 1. The molecule has 3 nitrogen and oxygen atoms in total. The molecule has 2 rings (SSSR count). The standard InChI is InChI=1S/C9H7FN2O/c1-5-7-4-6(10)2-3-8(7)12-9(13)11-5/h2-4H,1H3,(H,11,12,13). The number of aryl methyl sites for hydroxylation is 1. The Morgan fingerprint density at radius 2 is 2.23 bits per heavy atom.